The van der Waals surface area contributed by atoms with Crippen LogP contribution in [0, 0.1) is 11.3 Å². The van der Waals surface area contributed by atoms with E-state index >= 15 is 0 Å². The van der Waals surface area contributed by atoms with Gasteiger partial charge < -0.3 is 9.84 Å². The number of rotatable bonds is 5. The normalized spacial score (nSPS) is 10.7. The molecule has 0 saturated heterocycles. The number of carboxylic acids is 1. The third kappa shape index (κ3) is 4.22. The van der Waals surface area contributed by atoms with Gasteiger partial charge in [0.25, 0.3) is 0 Å². The molecular formula is C17H13NO3. The van der Waals surface area contributed by atoms with Crippen molar-refractivity contribution in [1.29, 1.82) is 5.26 Å². The van der Waals surface area contributed by atoms with Crippen LogP contribution in [0.2, 0.25) is 0 Å². The molecule has 0 aromatic heterocycles. The molecule has 2 aromatic rings. The van der Waals surface area contributed by atoms with Crippen LogP contribution in [0.3, 0.4) is 0 Å². The summed E-state index contributed by atoms with van der Waals surface area (Å²) < 4.78 is 5.62. The molecule has 0 saturated carbocycles. The molecule has 0 atom stereocenters. The van der Waals surface area contributed by atoms with Crippen molar-refractivity contribution in [3.05, 3.63) is 71.3 Å². The molecule has 2 rings (SSSR count). The standard InChI is InChI=1S/C17H13NO3/c18-11-15(17(19)20)10-13-6-8-16(9-7-13)21-12-14-4-2-1-3-5-14/h1-10H,12H2,(H,19,20). The fourth-order valence-corrected chi connectivity index (χ4v) is 1.71. The highest BCUT2D eigenvalue weighted by Gasteiger charge is 2.05. The molecule has 4 nitrogen and oxygen atoms in total. The minimum Gasteiger partial charge on any atom is -0.489 e. The Morgan fingerprint density at radius 2 is 1.81 bits per heavy atom. The van der Waals surface area contributed by atoms with E-state index < -0.39 is 5.97 Å². The number of carbonyl (C=O) groups is 1. The first-order chi connectivity index (χ1) is 10.2. The number of aliphatic carboxylic acids is 1. The number of ether oxygens (including phenoxy) is 1. The van der Waals surface area contributed by atoms with Crippen LogP contribution < -0.4 is 4.74 Å². The molecule has 0 spiro atoms. The smallest absolute Gasteiger partial charge is 0.346 e. The lowest BCUT2D eigenvalue weighted by Gasteiger charge is -2.06. The van der Waals surface area contributed by atoms with Crippen LogP contribution in [0.1, 0.15) is 11.1 Å². The van der Waals surface area contributed by atoms with Crippen LogP contribution in [-0.4, -0.2) is 11.1 Å². The third-order valence-corrected chi connectivity index (χ3v) is 2.79. The Kier molecular flexibility index (Phi) is 4.73. The molecule has 0 bridgehead atoms. The zero-order chi connectivity index (χ0) is 15.1. The lowest BCUT2D eigenvalue weighted by atomic mass is 10.1. The van der Waals surface area contributed by atoms with Crippen LogP contribution in [0.5, 0.6) is 5.75 Å². The van der Waals surface area contributed by atoms with E-state index in [1.165, 1.54) is 6.08 Å². The van der Waals surface area contributed by atoms with E-state index in [4.69, 9.17) is 15.1 Å². The number of carboxylic acid groups (broad SMARTS) is 1. The first-order valence-electron chi connectivity index (χ1n) is 6.31. The van der Waals surface area contributed by atoms with E-state index in [1.54, 1.807) is 30.3 Å². The maximum Gasteiger partial charge on any atom is 0.346 e. The molecule has 0 aliphatic carbocycles. The second kappa shape index (κ2) is 6.92. The maximum atomic E-state index is 10.7. The predicted molar refractivity (Wildman–Crippen MR) is 78.4 cm³/mol. The third-order valence-electron chi connectivity index (χ3n) is 2.79. The fraction of sp³-hybridized carbons (Fsp3) is 0.0588. The average molecular weight is 279 g/mol. The van der Waals surface area contributed by atoms with Gasteiger partial charge in [0, 0.05) is 0 Å². The molecule has 1 N–H and O–H groups in total. The summed E-state index contributed by atoms with van der Waals surface area (Å²) in [5.74, 6) is -0.549. The number of nitrogens with zero attached hydrogens (tertiary/aromatic N) is 1. The number of nitriles is 1. The van der Waals surface area contributed by atoms with Gasteiger partial charge >= 0.3 is 5.97 Å². The molecule has 21 heavy (non-hydrogen) atoms. The van der Waals surface area contributed by atoms with E-state index in [0.717, 1.165) is 5.56 Å². The topological polar surface area (TPSA) is 70.3 Å². The number of hydrogen-bond donors (Lipinski definition) is 1. The van der Waals surface area contributed by atoms with Crippen LogP contribution >= 0.6 is 0 Å². The van der Waals surface area contributed by atoms with E-state index in [0.29, 0.717) is 17.9 Å². The SMILES string of the molecule is N#CC(=Cc1ccc(OCc2ccccc2)cc1)C(=O)O. The first-order valence-corrected chi connectivity index (χ1v) is 6.31. The lowest BCUT2D eigenvalue weighted by Crippen LogP contribution is -1.97. The molecule has 2 aromatic carbocycles. The van der Waals surface area contributed by atoms with Gasteiger partial charge in [-0.05, 0) is 29.3 Å². The summed E-state index contributed by atoms with van der Waals surface area (Å²) in [6, 6.07) is 18.3. The van der Waals surface area contributed by atoms with Crippen molar-refractivity contribution in [3.8, 4) is 11.8 Å². The molecular weight excluding hydrogens is 266 g/mol. The summed E-state index contributed by atoms with van der Waals surface area (Å²) in [4.78, 5) is 10.7. The fourth-order valence-electron chi connectivity index (χ4n) is 1.71. The molecule has 0 fully saturated rings. The van der Waals surface area contributed by atoms with Crippen LogP contribution in [-0.2, 0) is 11.4 Å². The van der Waals surface area contributed by atoms with Gasteiger partial charge in [-0.25, -0.2) is 4.79 Å². The van der Waals surface area contributed by atoms with Gasteiger partial charge in [-0.15, -0.1) is 0 Å². The monoisotopic (exact) mass is 279 g/mol. The Hall–Kier alpha value is -3.06. The zero-order valence-electron chi connectivity index (χ0n) is 11.2. The van der Waals surface area contributed by atoms with Gasteiger partial charge in [0.1, 0.15) is 24.0 Å². The van der Waals surface area contributed by atoms with E-state index in [2.05, 4.69) is 0 Å². The summed E-state index contributed by atoms with van der Waals surface area (Å²) in [7, 11) is 0. The molecule has 0 aliphatic rings. The summed E-state index contributed by atoms with van der Waals surface area (Å²) >= 11 is 0. The van der Waals surface area contributed by atoms with Gasteiger partial charge in [-0.2, -0.15) is 5.26 Å². The second-order valence-electron chi connectivity index (χ2n) is 4.32. The van der Waals surface area contributed by atoms with E-state index in [1.807, 2.05) is 30.3 Å². The largest absolute Gasteiger partial charge is 0.489 e. The van der Waals surface area contributed by atoms with Crippen molar-refractivity contribution in [2.75, 3.05) is 0 Å². The highest BCUT2D eigenvalue weighted by molar-refractivity contribution is 5.96. The molecule has 0 aliphatic heterocycles. The number of hydrogen-bond acceptors (Lipinski definition) is 3. The Balaban J connectivity index is 2.03. The number of benzene rings is 2. The van der Waals surface area contributed by atoms with Crippen LogP contribution in [0.4, 0.5) is 0 Å². The van der Waals surface area contributed by atoms with Crippen molar-refractivity contribution in [2.24, 2.45) is 0 Å². The summed E-state index contributed by atoms with van der Waals surface area (Å²) in [5, 5.41) is 17.5. The van der Waals surface area contributed by atoms with Crippen molar-refractivity contribution in [2.45, 2.75) is 6.61 Å². The summed E-state index contributed by atoms with van der Waals surface area (Å²) in [5.41, 5.74) is 1.41. The highest BCUT2D eigenvalue weighted by Crippen LogP contribution is 2.16. The molecule has 104 valence electrons. The minimum atomic E-state index is -1.23. The Bertz CT molecular complexity index is 682. The van der Waals surface area contributed by atoms with Crippen molar-refractivity contribution < 1.29 is 14.6 Å². The quantitative estimate of drug-likeness (QED) is 0.673. The van der Waals surface area contributed by atoms with Crippen molar-refractivity contribution in [3.63, 3.8) is 0 Å². The molecule has 0 radical (unpaired) electrons. The maximum absolute atomic E-state index is 10.7. The zero-order valence-corrected chi connectivity index (χ0v) is 11.2. The Morgan fingerprint density at radius 1 is 1.14 bits per heavy atom. The lowest BCUT2D eigenvalue weighted by molar-refractivity contribution is -0.132. The highest BCUT2D eigenvalue weighted by atomic mass is 16.5. The van der Waals surface area contributed by atoms with Crippen LogP contribution in [0.25, 0.3) is 6.08 Å². The summed E-state index contributed by atoms with van der Waals surface area (Å²) in [6.45, 7) is 0.467. The van der Waals surface area contributed by atoms with E-state index in [-0.39, 0.29) is 5.57 Å². The van der Waals surface area contributed by atoms with Gasteiger partial charge in [-0.3, -0.25) is 0 Å². The molecule has 0 heterocycles. The minimum absolute atomic E-state index is 0.298. The molecule has 4 heteroatoms. The van der Waals surface area contributed by atoms with Crippen molar-refractivity contribution >= 4 is 12.0 Å². The second-order valence-corrected chi connectivity index (χ2v) is 4.32. The van der Waals surface area contributed by atoms with Crippen LogP contribution in [0.15, 0.2) is 60.2 Å². The Labute approximate surface area is 122 Å². The van der Waals surface area contributed by atoms with Crippen molar-refractivity contribution in [1.82, 2.24) is 0 Å². The van der Waals surface area contributed by atoms with E-state index in [9.17, 15) is 4.79 Å². The average Bonchev–Trinajstić information content (AvgIpc) is 2.52. The first kappa shape index (κ1) is 14.4. The summed E-state index contributed by atoms with van der Waals surface area (Å²) in [6.07, 6.45) is 1.32. The molecule has 0 unspecified atom stereocenters. The molecule has 0 amide bonds. The van der Waals surface area contributed by atoms with Gasteiger partial charge in [0.05, 0.1) is 0 Å². The Morgan fingerprint density at radius 3 is 2.38 bits per heavy atom. The van der Waals surface area contributed by atoms with Gasteiger partial charge in [0.2, 0.25) is 0 Å². The van der Waals surface area contributed by atoms with Gasteiger partial charge in [0.15, 0.2) is 0 Å². The van der Waals surface area contributed by atoms with Gasteiger partial charge in [-0.1, -0.05) is 42.5 Å². The predicted octanol–water partition coefficient (Wildman–Crippen LogP) is 3.26.